The summed E-state index contributed by atoms with van der Waals surface area (Å²) in [6.07, 6.45) is -2.99. The van der Waals surface area contributed by atoms with Crippen molar-refractivity contribution < 1.29 is 23.4 Å². The van der Waals surface area contributed by atoms with Crippen LogP contribution in [0.1, 0.15) is 33.6 Å². The molecular formula is C10H17F2NO3. The van der Waals surface area contributed by atoms with Gasteiger partial charge in [-0.25, -0.2) is 13.6 Å². The SMILES string of the molecule is CC(C)(C)OC(=O)NC1CCC(F)(F)C1O. The number of carbonyl (C=O) groups is 1. The number of halogens is 2. The fraction of sp³-hybridized carbons (Fsp3) is 0.900. The Bertz CT molecular complexity index is 276. The molecule has 4 nitrogen and oxygen atoms in total. The number of amides is 1. The zero-order chi connectivity index (χ0) is 12.6. The van der Waals surface area contributed by atoms with Crippen LogP contribution >= 0.6 is 0 Å². The summed E-state index contributed by atoms with van der Waals surface area (Å²) in [5.74, 6) is -3.13. The zero-order valence-electron chi connectivity index (χ0n) is 9.59. The molecule has 0 aromatic carbocycles. The lowest BCUT2D eigenvalue weighted by Crippen LogP contribution is -2.46. The van der Waals surface area contributed by atoms with E-state index in [2.05, 4.69) is 5.32 Å². The number of aliphatic hydroxyl groups excluding tert-OH is 1. The van der Waals surface area contributed by atoms with Crippen molar-refractivity contribution in [2.45, 2.75) is 57.3 Å². The fourth-order valence-corrected chi connectivity index (χ4v) is 1.56. The number of carbonyl (C=O) groups excluding carboxylic acids is 1. The van der Waals surface area contributed by atoms with Gasteiger partial charge in [-0.3, -0.25) is 0 Å². The maximum Gasteiger partial charge on any atom is 0.407 e. The van der Waals surface area contributed by atoms with Gasteiger partial charge in [0.2, 0.25) is 0 Å². The molecule has 0 aromatic rings. The number of hydrogen-bond acceptors (Lipinski definition) is 3. The Hall–Kier alpha value is -0.910. The fourth-order valence-electron chi connectivity index (χ4n) is 1.56. The molecule has 1 aliphatic rings. The molecule has 0 radical (unpaired) electrons. The monoisotopic (exact) mass is 237 g/mol. The molecule has 1 saturated carbocycles. The summed E-state index contributed by atoms with van der Waals surface area (Å²) in [7, 11) is 0. The van der Waals surface area contributed by atoms with E-state index in [1.807, 2.05) is 0 Å². The van der Waals surface area contributed by atoms with Gasteiger partial charge in [0.1, 0.15) is 11.7 Å². The molecule has 2 N–H and O–H groups in total. The number of nitrogens with one attached hydrogen (secondary N) is 1. The van der Waals surface area contributed by atoms with Crippen molar-refractivity contribution in [3.63, 3.8) is 0 Å². The first kappa shape index (κ1) is 13.2. The lowest BCUT2D eigenvalue weighted by Gasteiger charge is -2.23. The predicted molar refractivity (Wildman–Crippen MR) is 53.3 cm³/mol. The van der Waals surface area contributed by atoms with Gasteiger partial charge in [0, 0.05) is 6.42 Å². The Labute approximate surface area is 93.0 Å². The number of hydrogen-bond donors (Lipinski definition) is 2. The van der Waals surface area contributed by atoms with E-state index in [1.165, 1.54) is 0 Å². The topological polar surface area (TPSA) is 58.6 Å². The van der Waals surface area contributed by atoms with E-state index in [4.69, 9.17) is 4.74 Å². The number of alkyl carbamates (subject to hydrolysis) is 1. The second-order valence-electron chi connectivity index (χ2n) is 5.00. The van der Waals surface area contributed by atoms with Crippen molar-refractivity contribution >= 4 is 6.09 Å². The normalized spacial score (nSPS) is 28.9. The van der Waals surface area contributed by atoms with E-state index in [0.717, 1.165) is 0 Å². The third-order valence-corrected chi connectivity index (χ3v) is 2.30. The van der Waals surface area contributed by atoms with Crippen LogP contribution in [0.25, 0.3) is 0 Å². The quantitative estimate of drug-likeness (QED) is 0.729. The van der Waals surface area contributed by atoms with Crippen molar-refractivity contribution in [1.82, 2.24) is 5.32 Å². The van der Waals surface area contributed by atoms with Crippen LogP contribution in [-0.2, 0) is 4.74 Å². The first-order valence-electron chi connectivity index (χ1n) is 5.17. The van der Waals surface area contributed by atoms with E-state index < -0.39 is 36.2 Å². The lowest BCUT2D eigenvalue weighted by atomic mass is 10.2. The Balaban J connectivity index is 2.48. The van der Waals surface area contributed by atoms with Gasteiger partial charge >= 0.3 is 6.09 Å². The Kier molecular flexibility index (Phi) is 3.42. The Morgan fingerprint density at radius 1 is 1.50 bits per heavy atom. The lowest BCUT2D eigenvalue weighted by molar-refractivity contribution is -0.0919. The van der Waals surface area contributed by atoms with Crippen molar-refractivity contribution in [2.75, 3.05) is 0 Å². The first-order chi connectivity index (χ1) is 7.12. The number of alkyl halides is 2. The number of aliphatic hydroxyl groups is 1. The molecule has 2 atom stereocenters. The Morgan fingerprint density at radius 3 is 2.44 bits per heavy atom. The van der Waals surface area contributed by atoms with Crippen LogP contribution in [0, 0.1) is 0 Å². The third-order valence-electron chi connectivity index (χ3n) is 2.30. The highest BCUT2D eigenvalue weighted by Gasteiger charge is 2.49. The van der Waals surface area contributed by atoms with Gasteiger partial charge in [0.05, 0.1) is 6.04 Å². The molecule has 2 unspecified atom stereocenters. The molecule has 1 aliphatic carbocycles. The van der Waals surface area contributed by atoms with Crippen molar-refractivity contribution in [3.05, 3.63) is 0 Å². The molecule has 1 amide bonds. The molecule has 1 rings (SSSR count). The van der Waals surface area contributed by atoms with Crippen molar-refractivity contribution in [2.24, 2.45) is 0 Å². The van der Waals surface area contributed by atoms with E-state index in [-0.39, 0.29) is 6.42 Å². The second kappa shape index (κ2) is 4.16. The van der Waals surface area contributed by atoms with Crippen LogP contribution in [-0.4, -0.2) is 34.9 Å². The highest BCUT2D eigenvalue weighted by Crippen LogP contribution is 2.35. The highest BCUT2D eigenvalue weighted by molar-refractivity contribution is 5.68. The van der Waals surface area contributed by atoms with E-state index in [1.54, 1.807) is 20.8 Å². The van der Waals surface area contributed by atoms with Gasteiger partial charge in [0.25, 0.3) is 5.92 Å². The number of rotatable bonds is 1. The van der Waals surface area contributed by atoms with Crippen LogP contribution in [0.15, 0.2) is 0 Å². The van der Waals surface area contributed by atoms with Crippen molar-refractivity contribution in [3.8, 4) is 0 Å². The molecule has 0 aliphatic heterocycles. The molecule has 6 heteroatoms. The van der Waals surface area contributed by atoms with Crippen LogP contribution < -0.4 is 5.32 Å². The number of ether oxygens (including phenoxy) is 1. The maximum atomic E-state index is 12.9. The molecule has 0 heterocycles. The summed E-state index contributed by atoms with van der Waals surface area (Å²) >= 11 is 0. The molecule has 1 fully saturated rings. The minimum Gasteiger partial charge on any atom is -0.444 e. The minimum absolute atomic E-state index is 0.0490. The van der Waals surface area contributed by atoms with Gasteiger partial charge < -0.3 is 15.2 Å². The minimum atomic E-state index is -3.13. The first-order valence-corrected chi connectivity index (χ1v) is 5.17. The average Bonchev–Trinajstić information content (AvgIpc) is 2.28. The summed E-state index contributed by atoms with van der Waals surface area (Å²) in [6.45, 7) is 5.02. The highest BCUT2D eigenvalue weighted by atomic mass is 19.3. The molecule has 94 valence electrons. The molecule has 0 aromatic heterocycles. The van der Waals surface area contributed by atoms with E-state index >= 15 is 0 Å². The summed E-state index contributed by atoms with van der Waals surface area (Å²) < 4.78 is 30.8. The van der Waals surface area contributed by atoms with Crippen LogP contribution in [0.5, 0.6) is 0 Å². The summed E-state index contributed by atoms with van der Waals surface area (Å²) in [5, 5.41) is 11.5. The molecule has 0 saturated heterocycles. The zero-order valence-corrected chi connectivity index (χ0v) is 9.59. The summed E-state index contributed by atoms with van der Waals surface area (Å²) in [4.78, 5) is 11.3. The summed E-state index contributed by atoms with van der Waals surface area (Å²) in [5.41, 5.74) is -0.684. The van der Waals surface area contributed by atoms with Crippen LogP contribution in [0.3, 0.4) is 0 Å². The molecule has 0 spiro atoms. The van der Waals surface area contributed by atoms with Crippen molar-refractivity contribution in [1.29, 1.82) is 0 Å². The van der Waals surface area contributed by atoms with Gasteiger partial charge in [-0.2, -0.15) is 0 Å². The smallest absolute Gasteiger partial charge is 0.407 e. The standard InChI is InChI=1S/C10H17F2NO3/c1-9(2,3)16-8(15)13-6-4-5-10(11,12)7(6)14/h6-7,14H,4-5H2,1-3H3,(H,13,15). The van der Waals surface area contributed by atoms with Crippen LogP contribution in [0.4, 0.5) is 13.6 Å². The Morgan fingerprint density at radius 2 is 2.06 bits per heavy atom. The summed E-state index contributed by atoms with van der Waals surface area (Å²) in [6, 6.07) is -0.940. The second-order valence-corrected chi connectivity index (χ2v) is 5.00. The average molecular weight is 237 g/mol. The molecule has 16 heavy (non-hydrogen) atoms. The maximum absolute atomic E-state index is 12.9. The van der Waals surface area contributed by atoms with Crippen LogP contribution in [0.2, 0.25) is 0 Å². The van der Waals surface area contributed by atoms with Gasteiger partial charge in [-0.05, 0) is 27.2 Å². The van der Waals surface area contributed by atoms with Gasteiger partial charge in [0.15, 0.2) is 0 Å². The third kappa shape index (κ3) is 3.30. The predicted octanol–water partition coefficient (Wildman–Crippen LogP) is 1.67. The van der Waals surface area contributed by atoms with E-state index in [0.29, 0.717) is 0 Å². The largest absolute Gasteiger partial charge is 0.444 e. The molecule has 0 bridgehead atoms. The van der Waals surface area contributed by atoms with Gasteiger partial charge in [-0.15, -0.1) is 0 Å². The molecular weight excluding hydrogens is 220 g/mol. The van der Waals surface area contributed by atoms with E-state index in [9.17, 15) is 18.7 Å². The van der Waals surface area contributed by atoms with Gasteiger partial charge in [-0.1, -0.05) is 0 Å².